The van der Waals surface area contributed by atoms with Gasteiger partial charge in [0, 0.05) is 18.9 Å². The fraction of sp³-hybridized carbons (Fsp3) is 1.00. The molecule has 1 unspecified atom stereocenters. The Hall–Kier alpha value is -0.130. The van der Waals surface area contributed by atoms with Gasteiger partial charge in [0.15, 0.2) is 0 Å². The van der Waals surface area contributed by atoms with E-state index in [0.29, 0.717) is 31.6 Å². The maximum atomic E-state index is 10.9. The van der Waals surface area contributed by atoms with Crippen molar-refractivity contribution in [2.75, 3.05) is 31.8 Å². The van der Waals surface area contributed by atoms with Crippen LogP contribution in [0.1, 0.15) is 27.2 Å². The molecule has 98 valence electrons. The molecule has 0 spiro atoms. The van der Waals surface area contributed by atoms with Gasteiger partial charge in [-0.2, -0.15) is 0 Å². The van der Waals surface area contributed by atoms with E-state index in [2.05, 4.69) is 19.2 Å². The second kappa shape index (κ2) is 8.03. The normalized spacial score (nSPS) is 14.3. The molecular formula is C11H25NO3S. The number of sulfone groups is 1. The third-order valence-corrected chi connectivity index (χ3v) is 3.43. The molecular weight excluding hydrogens is 226 g/mol. The van der Waals surface area contributed by atoms with Crippen molar-refractivity contribution in [1.29, 1.82) is 0 Å². The highest BCUT2D eigenvalue weighted by molar-refractivity contribution is 7.90. The Morgan fingerprint density at radius 3 is 2.38 bits per heavy atom. The van der Waals surface area contributed by atoms with Crippen LogP contribution in [-0.4, -0.2) is 46.2 Å². The monoisotopic (exact) mass is 251 g/mol. The average Bonchev–Trinajstić information content (AvgIpc) is 2.14. The van der Waals surface area contributed by atoms with Crippen LogP contribution in [0.15, 0.2) is 0 Å². The van der Waals surface area contributed by atoms with Gasteiger partial charge in [0.1, 0.15) is 9.84 Å². The summed E-state index contributed by atoms with van der Waals surface area (Å²) in [4.78, 5) is 0. The third-order valence-electron chi connectivity index (χ3n) is 2.40. The summed E-state index contributed by atoms with van der Waals surface area (Å²) >= 11 is 0. The molecule has 0 aliphatic carbocycles. The molecule has 1 N–H and O–H groups in total. The van der Waals surface area contributed by atoms with Crippen LogP contribution in [0.3, 0.4) is 0 Å². The van der Waals surface area contributed by atoms with Gasteiger partial charge in [-0.05, 0) is 25.8 Å². The quantitative estimate of drug-likeness (QED) is 0.623. The lowest BCUT2D eigenvalue weighted by atomic mass is 10.1. The van der Waals surface area contributed by atoms with Crippen LogP contribution in [-0.2, 0) is 14.6 Å². The highest BCUT2D eigenvalue weighted by Crippen LogP contribution is 2.02. The molecule has 0 aromatic rings. The molecule has 0 fully saturated rings. The topological polar surface area (TPSA) is 55.4 Å². The molecule has 16 heavy (non-hydrogen) atoms. The summed E-state index contributed by atoms with van der Waals surface area (Å²) in [5.74, 6) is 0.740. The molecule has 0 bridgehead atoms. The van der Waals surface area contributed by atoms with Crippen molar-refractivity contribution >= 4 is 9.84 Å². The zero-order valence-electron chi connectivity index (χ0n) is 10.8. The van der Waals surface area contributed by atoms with E-state index in [9.17, 15) is 8.42 Å². The van der Waals surface area contributed by atoms with Crippen molar-refractivity contribution in [3.05, 3.63) is 0 Å². The number of ether oxygens (including phenoxy) is 1. The molecule has 0 saturated heterocycles. The van der Waals surface area contributed by atoms with Crippen LogP contribution in [0.2, 0.25) is 0 Å². The van der Waals surface area contributed by atoms with Crippen molar-refractivity contribution in [2.24, 2.45) is 5.92 Å². The molecule has 0 aromatic carbocycles. The molecule has 1 atom stereocenters. The minimum absolute atomic E-state index is 0.249. The first kappa shape index (κ1) is 15.9. The lowest BCUT2D eigenvalue weighted by molar-refractivity contribution is 0.108. The molecule has 4 nitrogen and oxygen atoms in total. The predicted octanol–water partition coefficient (Wildman–Crippen LogP) is 1.07. The average molecular weight is 251 g/mol. The van der Waals surface area contributed by atoms with Gasteiger partial charge >= 0.3 is 0 Å². The summed E-state index contributed by atoms with van der Waals surface area (Å²) in [5.41, 5.74) is 0. The number of nitrogens with one attached hydrogen (secondary N) is 1. The van der Waals surface area contributed by atoms with Crippen molar-refractivity contribution in [1.82, 2.24) is 5.32 Å². The van der Waals surface area contributed by atoms with Gasteiger partial charge in [-0.25, -0.2) is 8.42 Å². The minimum atomic E-state index is -2.83. The maximum absolute atomic E-state index is 10.9. The van der Waals surface area contributed by atoms with Gasteiger partial charge in [0.2, 0.25) is 0 Å². The van der Waals surface area contributed by atoms with Crippen molar-refractivity contribution in [3.8, 4) is 0 Å². The van der Waals surface area contributed by atoms with Gasteiger partial charge in [0.05, 0.1) is 12.4 Å². The third kappa shape index (κ3) is 9.12. The molecule has 0 rings (SSSR count). The molecule has 0 aliphatic rings. The Morgan fingerprint density at radius 2 is 1.94 bits per heavy atom. The van der Waals surface area contributed by atoms with Gasteiger partial charge in [-0.1, -0.05) is 13.8 Å². The molecule has 0 heterocycles. The molecule has 0 saturated carbocycles. The SMILES string of the molecule is CCOCC(NCCCS(C)(=O)=O)C(C)C. The maximum Gasteiger partial charge on any atom is 0.147 e. The van der Waals surface area contributed by atoms with Gasteiger partial charge in [-0.3, -0.25) is 0 Å². The van der Waals surface area contributed by atoms with Crippen molar-refractivity contribution in [2.45, 2.75) is 33.2 Å². The van der Waals surface area contributed by atoms with Crippen LogP contribution < -0.4 is 5.32 Å². The second-order valence-corrected chi connectivity index (χ2v) is 6.71. The van der Waals surface area contributed by atoms with Crippen LogP contribution in [0.25, 0.3) is 0 Å². The van der Waals surface area contributed by atoms with Crippen molar-refractivity contribution < 1.29 is 13.2 Å². The van der Waals surface area contributed by atoms with Gasteiger partial charge in [0.25, 0.3) is 0 Å². The molecule has 0 aliphatic heterocycles. The molecule has 0 amide bonds. The van der Waals surface area contributed by atoms with Gasteiger partial charge < -0.3 is 10.1 Å². The second-order valence-electron chi connectivity index (χ2n) is 4.45. The highest BCUT2D eigenvalue weighted by Gasteiger charge is 2.12. The Bertz CT molecular complexity index is 262. The van der Waals surface area contributed by atoms with E-state index in [1.807, 2.05) is 6.92 Å². The molecule has 0 aromatic heterocycles. The predicted molar refractivity (Wildman–Crippen MR) is 67.4 cm³/mol. The Balaban J connectivity index is 3.76. The Kier molecular flexibility index (Phi) is 7.97. The fourth-order valence-corrected chi connectivity index (χ4v) is 2.02. The molecule has 5 heteroatoms. The van der Waals surface area contributed by atoms with E-state index in [0.717, 1.165) is 6.54 Å². The smallest absolute Gasteiger partial charge is 0.147 e. The van der Waals surface area contributed by atoms with Crippen LogP contribution in [0, 0.1) is 5.92 Å². The zero-order valence-corrected chi connectivity index (χ0v) is 11.6. The number of hydrogen-bond donors (Lipinski definition) is 1. The van der Waals surface area contributed by atoms with Crippen molar-refractivity contribution in [3.63, 3.8) is 0 Å². The largest absolute Gasteiger partial charge is 0.380 e. The van der Waals surface area contributed by atoms with E-state index >= 15 is 0 Å². The number of hydrogen-bond acceptors (Lipinski definition) is 4. The van der Waals surface area contributed by atoms with E-state index in [1.54, 1.807) is 0 Å². The van der Waals surface area contributed by atoms with E-state index in [1.165, 1.54) is 6.26 Å². The summed E-state index contributed by atoms with van der Waals surface area (Å²) in [7, 11) is -2.83. The summed E-state index contributed by atoms with van der Waals surface area (Å²) in [6, 6.07) is 0.305. The highest BCUT2D eigenvalue weighted by atomic mass is 32.2. The Morgan fingerprint density at radius 1 is 1.31 bits per heavy atom. The zero-order chi connectivity index (χ0) is 12.6. The Labute approximate surface area is 99.7 Å². The van der Waals surface area contributed by atoms with Crippen LogP contribution >= 0.6 is 0 Å². The van der Waals surface area contributed by atoms with Crippen LogP contribution in [0.5, 0.6) is 0 Å². The summed E-state index contributed by atoms with van der Waals surface area (Å²) in [5, 5.41) is 3.34. The summed E-state index contributed by atoms with van der Waals surface area (Å²) in [6.45, 7) is 8.37. The first-order chi connectivity index (χ1) is 7.37. The summed E-state index contributed by atoms with van der Waals surface area (Å²) in [6.07, 6.45) is 1.93. The first-order valence-corrected chi connectivity index (χ1v) is 7.91. The standard InChI is InChI=1S/C11H25NO3S/c1-5-15-9-11(10(2)3)12-7-6-8-16(4,13)14/h10-12H,5-9H2,1-4H3. The van der Waals surface area contributed by atoms with E-state index in [-0.39, 0.29) is 5.75 Å². The van der Waals surface area contributed by atoms with E-state index in [4.69, 9.17) is 4.74 Å². The lowest BCUT2D eigenvalue weighted by Crippen LogP contribution is -2.39. The number of rotatable bonds is 9. The fourth-order valence-electron chi connectivity index (χ4n) is 1.35. The first-order valence-electron chi connectivity index (χ1n) is 5.85. The summed E-state index contributed by atoms with van der Waals surface area (Å²) < 4.78 is 27.2. The van der Waals surface area contributed by atoms with E-state index < -0.39 is 9.84 Å². The van der Waals surface area contributed by atoms with Gasteiger partial charge in [-0.15, -0.1) is 0 Å². The lowest BCUT2D eigenvalue weighted by Gasteiger charge is -2.22. The molecule has 0 radical (unpaired) electrons. The minimum Gasteiger partial charge on any atom is -0.380 e. The van der Waals surface area contributed by atoms with Crippen LogP contribution in [0.4, 0.5) is 0 Å².